The van der Waals surface area contributed by atoms with Gasteiger partial charge in [-0.2, -0.15) is 0 Å². The predicted molar refractivity (Wildman–Crippen MR) is 90.5 cm³/mol. The van der Waals surface area contributed by atoms with E-state index in [4.69, 9.17) is 5.73 Å². The van der Waals surface area contributed by atoms with Gasteiger partial charge in [-0.05, 0) is 30.9 Å². The number of hydrogen-bond acceptors (Lipinski definition) is 4. The molecule has 6 nitrogen and oxygen atoms in total. The van der Waals surface area contributed by atoms with E-state index in [0.717, 1.165) is 12.8 Å². The Kier molecular flexibility index (Phi) is 5.76. The van der Waals surface area contributed by atoms with E-state index in [1.807, 2.05) is 26.2 Å². The van der Waals surface area contributed by atoms with Gasteiger partial charge in [-0.3, -0.25) is 4.79 Å². The third-order valence-electron chi connectivity index (χ3n) is 3.76. The highest BCUT2D eigenvalue weighted by Gasteiger charge is 2.10. The van der Waals surface area contributed by atoms with E-state index in [9.17, 15) is 9.90 Å². The SMILES string of the molecule is CN(C)c1ccccc1CCC[C@H](O)Cn1cnc(C(N)=O)c1. The minimum Gasteiger partial charge on any atom is -0.391 e. The van der Waals surface area contributed by atoms with E-state index >= 15 is 0 Å². The number of anilines is 1. The molecule has 0 aliphatic rings. The first kappa shape index (κ1) is 17.0. The Bertz CT molecular complexity index is 652. The van der Waals surface area contributed by atoms with Gasteiger partial charge in [-0.25, -0.2) is 4.98 Å². The summed E-state index contributed by atoms with van der Waals surface area (Å²) in [6.07, 6.45) is 5.10. The molecule has 0 spiro atoms. The number of benzene rings is 1. The molecule has 1 aromatic heterocycles. The molecular formula is C17H24N4O2. The maximum Gasteiger partial charge on any atom is 0.268 e. The average molecular weight is 316 g/mol. The maximum absolute atomic E-state index is 11.0. The number of aryl methyl sites for hydroxylation is 1. The van der Waals surface area contributed by atoms with Gasteiger partial charge in [0.1, 0.15) is 5.69 Å². The number of nitrogens with two attached hydrogens (primary N) is 1. The van der Waals surface area contributed by atoms with E-state index in [1.165, 1.54) is 17.6 Å². The molecule has 23 heavy (non-hydrogen) atoms. The highest BCUT2D eigenvalue weighted by molar-refractivity contribution is 5.90. The number of carbonyl (C=O) groups excluding carboxylic acids is 1. The number of nitrogens with zero attached hydrogens (tertiary/aromatic N) is 3. The summed E-state index contributed by atoms with van der Waals surface area (Å²) in [5.41, 5.74) is 7.87. The first-order valence-corrected chi connectivity index (χ1v) is 7.72. The molecule has 1 amide bonds. The lowest BCUT2D eigenvalue weighted by molar-refractivity contribution is 0.0995. The highest BCUT2D eigenvalue weighted by Crippen LogP contribution is 2.20. The fraction of sp³-hybridized carbons (Fsp3) is 0.412. The molecule has 6 heteroatoms. The number of amides is 1. The third kappa shape index (κ3) is 4.82. The van der Waals surface area contributed by atoms with Gasteiger partial charge < -0.3 is 20.3 Å². The predicted octanol–water partition coefficient (Wildman–Crippen LogP) is 1.43. The molecule has 0 saturated heterocycles. The van der Waals surface area contributed by atoms with Gasteiger partial charge in [-0.15, -0.1) is 0 Å². The number of aliphatic hydroxyl groups is 1. The standard InChI is InChI=1S/C17H24N4O2/c1-20(2)16-9-4-3-6-13(16)7-5-8-14(22)10-21-11-15(17(18)23)19-12-21/h3-4,6,9,11-12,14,22H,5,7-8,10H2,1-2H3,(H2,18,23)/t14-/m0/s1. The zero-order valence-electron chi connectivity index (χ0n) is 13.6. The molecule has 0 fully saturated rings. The molecule has 0 radical (unpaired) electrons. The van der Waals surface area contributed by atoms with Crippen molar-refractivity contribution in [1.29, 1.82) is 0 Å². The number of aromatic nitrogens is 2. The molecule has 0 aliphatic carbocycles. The molecule has 0 saturated carbocycles. The van der Waals surface area contributed by atoms with E-state index in [-0.39, 0.29) is 5.69 Å². The normalized spacial score (nSPS) is 12.1. The van der Waals surface area contributed by atoms with Crippen LogP contribution in [0.5, 0.6) is 0 Å². The van der Waals surface area contributed by atoms with Gasteiger partial charge in [0.2, 0.25) is 0 Å². The Morgan fingerprint density at radius 3 is 2.78 bits per heavy atom. The van der Waals surface area contributed by atoms with Crippen molar-refractivity contribution in [3.63, 3.8) is 0 Å². The second-order valence-corrected chi connectivity index (χ2v) is 5.89. The van der Waals surface area contributed by atoms with Gasteiger partial charge in [0.15, 0.2) is 0 Å². The van der Waals surface area contributed by atoms with Gasteiger partial charge in [0.25, 0.3) is 5.91 Å². The van der Waals surface area contributed by atoms with Gasteiger partial charge in [0, 0.05) is 32.5 Å². The second-order valence-electron chi connectivity index (χ2n) is 5.89. The summed E-state index contributed by atoms with van der Waals surface area (Å²) >= 11 is 0. The number of rotatable bonds is 8. The summed E-state index contributed by atoms with van der Waals surface area (Å²) in [5, 5.41) is 10.1. The molecule has 0 bridgehead atoms. The zero-order chi connectivity index (χ0) is 16.8. The summed E-state index contributed by atoms with van der Waals surface area (Å²) in [6, 6.07) is 8.29. The minimum absolute atomic E-state index is 0.220. The Morgan fingerprint density at radius 1 is 1.39 bits per heavy atom. The Morgan fingerprint density at radius 2 is 2.13 bits per heavy atom. The molecule has 3 N–H and O–H groups in total. The Hall–Kier alpha value is -2.34. The van der Waals surface area contributed by atoms with E-state index in [1.54, 1.807) is 10.8 Å². The van der Waals surface area contributed by atoms with Crippen molar-refractivity contribution in [1.82, 2.24) is 9.55 Å². The van der Waals surface area contributed by atoms with E-state index < -0.39 is 12.0 Å². The van der Waals surface area contributed by atoms with Crippen LogP contribution in [0.15, 0.2) is 36.8 Å². The molecule has 0 unspecified atom stereocenters. The summed E-state index contributed by atoms with van der Waals surface area (Å²) < 4.78 is 1.69. The van der Waals surface area contributed by atoms with Crippen LogP contribution in [-0.2, 0) is 13.0 Å². The summed E-state index contributed by atoms with van der Waals surface area (Å²) in [4.78, 5) is 17.0. The quantitative estimate of drug-likeness (QED) is 0.771. The van der Waals surface area contributed by atoms with Crippen LogP contribution in [0.3, 0.4) is 0 Å². The summed E-state index contributed by atoms with van der Waals surface area (Å²) in [5.74, 6) is -0.557. The van der Waals surface area contributed by atoms with Crippen molar-refractivity contribution >= 4 is 11.6 Å². The van der Waals surface area contributed by atoms with E-state index in [2.05, 4.69) is 22.0 Å². The Labute approximate surface area is 136 Å². The van der Waals surface area contributed by atoms with Crippen LogP contribution in [0.2, 0.25) is 0 Å². The van der Waals surface area contributed by atoms with Crippen LogP contribution >= 0.6 is 0 Å². The fourth-order valence-corrected chi connectivity index (χ4v) is 2.61. The van der Waals surface area contributed by atoms with Crippen LogP contribution in [0.1, 0.15) is 28.9 Å². The van der Waals surface area contributed by atoms with E-state index in [0.29, 0.717) is 13.0 Å². The smallest absolute Gasteiger partial charge is 0.268 e. The largest absolute Gasteiger partial charge is 0.391 e. The molecule has 2 rings (SSSR count). The molecule has 2 aromatic rings. The average Bonchev–Trinajstić information content (AvgIpc) is 2.96. The van der Waals surface area contributed by atoms with Gasteiger partial charge in [0.05, 0.1) is 12.4 Å². The third-order valence-corrected chi connectivity index (χ3v) is 3.76. The van der Waals surface area contributed by atoms with Gasteiger partial charge >= 0.3 is 0 Å². The number of carbonyl (C=O) groups is 1. The first-order valence-electron chi connectivity index (χ1n) is 7.72. The van der Waals surface area contributed by atoms with Gasteiger partial charge in [-0.1, -0.05) is 18.2 Å². The molecule has 124 valence electrons. The van der Waals surface area contributed by atoms with Crippen LogP contribution in [0, 0.1) is 0 Å². The number of aliphatic hydroxyl groups excluding tert-OH is 1. The fourth-order valence-electron chi connectivity index (χ4n) is 2.61. The maximum atomic E-state index is 11.0. The topological polar surface area (TPSA) is 84.4 Å². The van der Waals surface area contributed by atoms with Crippen molar-refractivity contribution in [2.45, 2.75) is 31.9 Å². The number of primary amides is 1. The molecular weight excluding hydrogens is 292 g/mol. The van der Waals surface area contributed by atoms with Crippen molar-refractivity contribution in [2.24, 2.45) is 5.73 Å². The van der Waals surface area contributed by atoms with Crippen LogP contribution in [-0.4, -0.2) is 40.8 Å². The van der Waals surface area contributed by atoms with Crippen LogP contribution < -0.4 is 10.6 Å². The van der Waals surface area contributed by atoms with Crippen molar-refractivity contribution in [2.75, 3.05) is 19.0 Å². The van der Waals surface area contributed by atoms with Crippen LogP contribution in [0.25, 0.3) is 0 Å². The van der Waals surface area contributed by atoms with Crippen molar-refractivity contribution in [3.05, 3.63) is 48.0 Å². The Balaban J connectivity index is 1.83. The molecule has 1 aromatic carbocycles. The van der Waals surface area contributed by atoms with Crippen LogP contribution in [0.4, 0.5) is 5.69 Å². The molecule has 1 heterocycles. The highest BCUT2D eigenvalue weighted by atomic mass is 16.3. The lowest BCUT2D eigenvalue weighted by Gasteiger charge is -2.18. The molecule has 0 aliphatic heterocycles. The first-order chi connectivity index (χ1) is 11.0. The lowest BCUT2D eigenvalue weighted by atomic mass is 10.0. The summed E-state index contributed by atoms with van der Waals surface area (Å²) in [6.45, 7) is 0.412. The number of hydrogen-bond donors (Lipinski definition) is 2. The zero-order valence-corrected chi connectivity index (χ0v) is 13.6. The number of imidazole rings is 1. The van der Waals surface area contributed by atoms with Crippen molar-refractivity contribution in [3.8, 4) is 0 Å². The summed E-state index contributed by atoms with van der Waals surface area (Å²) in [7, 11) is 4.06. The number of para-hydroxylation sites is 1. The minimum atomic E-state index is -0.557. The second kappa shape index (κ2) is 7.78. The van der Waals surface area contributed by atoms with Crippen molar-refractivity contribution < 1.29 is 9.90 Å². The molecule has 1 atom stereocenters. The monoisotopic (exact) mass is 316 g/mol. The lowest BCUT2D eigenvalue weighted by Crippen LogP contribution is -2.16.